The Bertz CT molecular complexity index is 674. The van der Waals surface area contributed by atoms with Crippen molar-refractivity contribution in [3.8, 4) is 0 Å². The molecule has 0 aliphatic carbocycles. The van der Waals surface area contributed by atoms with Gasteiger partial charge in [-0.3, -0.25) is 0 Å². The Kier molecular flexibility index (Phi) is 5.57. The Balaban J connectivity index is 0.000000211. The van der Waals surface area contributed by atoms with Crippen LogP contribution in [-0.4, -0.2) is 22.2 Å². The highest BCUT2D eigenvalue weighted by atomic mass is 35.5. The summed E-state index contributed by atoms with van der Waals surface area (Å²) >= 11 is 5.55. The Morgan fingerprint density at radius 1 is 0.952 bits per heavy atom. The molecule has 7 heteroatoms. The lowest BCUT2D eigenvalue weighted by Crippen LogP contribution is -2.01. The van der Waals surface area contributed by atoms with E-state index >= 15 is 0 Å². The van der Waals surface area contributed by atoms with Gasteiger partial charge in [0.25, 0.3) is 0 Å². The fourth-order valence-electron chi connectivity index (χ4n) is 1.40. The largest absolute Gasteiger partial charge is 0.478 e. The van der Waals surface area contributed by atoms with Gasteiger partial charge in [-0.2, -0.15) is 0 Å². The van der Waals surface area contributed by atoms with E-state index in [2.05, 4.69) is 0 Å². The first-order valence-corrected chi connectivity index (χ1v) is 6.06. The maximum Gasteiger partial charge on any atom is 0.337 e. The van der Waals surface area contributed by atoms with E-state index in [-0.39, 0.29) is 16.8 Å². The monoisotopic (exact) mass is 308 g/mol. The van der Waals surface area contributed by atoms with E-state index < -0.39 is 11.9 Å². The number of carbonyl (C=O) groups is 2. The molecule has 21 heavy (non-hydrogen) atoms. The van der Waals surface area contributed by atoms with Crippen LogP contribution in [0.25, 0.3) is 0 Å². The van der Waals surface area contributed by atoms with Gasteiger partial charge in [-0.1, -0.05) is 17.7 Å². The number of carboxylic acids is 2. The van der Waals surface area contributed by atoms with Crippen molar-refractivity contribution < 1.29 is 19.8 Å². The lowest BCUT2D eigenvalue weighted by Gasteiger charge is -1.98. The van der Waals surface area contributed by atoms with Crippen LogP contribution in [0.1, 0.15) is 20.7 Å². The molecule has 6 nitrogen and oxygen atoms in total. The van der Waals surface area contributed by atoms with Crippen molar-refractivity contribution in [3.63, 3.8) is 0 Å². The predicted octanol–water partition coefficient (Wildman–Crippen LogP) is 2.59. The molecule has 0 aliphatic rings. The number of nitrogen functional groups attached to an aromatic ring is 2. The van der Waals surface area contributed by atoms with Crippen molar-refractivity contribution in [2.24, 2.45) is 0 Å². The number of nitrogens with two attached hydrogens (primary N) is 2. The maximum atomic E-state index is 10.4. The van der Waals surface area contributed by atoms with Crippen LogP contribution in [0.4, 0.5) is 11.4 Å². The van der Waals surface area contributed by atoms with Crippen molar-refractivity contribution in [2.45, 2.75) is 0 Å². The van der Waals surface area contributed by atoms with Gasteiger partial charge >= 0.3 is 11.9 Å². The normalized spacial score (nSPS) is 9.38. The molecule has 0 saturated carbocycles. The molecule has 0 amide bonds. The third-order valence-corrected chi connectivity index (χ3v) is 2.61. The summed E-state index contributed by atoms with van der Waals surface area (Å²) in [7, 11) is 0. The Hall–Kier alpha value is -2.73. The molecule has 2 rings (SSSR count). The van der Waals surface area contributed by atoms with E-state index in [1.54, 1.807) is 12.1 Å². The number of hydrogen-bond donors (Lipinski definition) is 4. The van der Waals surface area contributed by atoms with Gasteiger partial charge in [0.1, 0.15) is 0 Å². The zero-order valence-electron chi connectivity index (χ0n) is 10.8. The summed E-state index contributed by atoms with van der Waals surface area (Å²) in [6.07, 6.45) is 0. The molecule has 2 aromatic rings. The molecule has 110 valence electrons. The number of benzene rings is 2. The van der Waals surface area contributed by atoms with Crippen molar-refractivity contribution in [1.82, 2.24) is 0 Å². The van der Waals surface area contributed by atoms with Gasteiger partial charge in [0.2, 0.25) is 0 Å². The first-order valence-electron chi connectivity index (χ1n) is 5.68. The van der Waals surface area contributed by atoms with Crippen molar-refractivity contribution in [2.75, 3.05) is 11.5 Å². The van der Waals surface area contributed by atoms with E-state index in [4.69, 9.17) is 33.3 Å². The van der Waals surface area contributed by atoms with Crippen molar-refractivity contribution in [3.05, 3.63) is 58.6 Å². The van der Waals surface area contributed by atoms with E-state index in [1.807, 2.05) is 0 Å². The van der Waals surface area contributed by atoms with Gasteiger partial charge in [-0.25, -0.2) is 9.59 Å². The van der Waals surface area contributed by atoms with Gasteiger partial charge in [-0.15, -0.1) is 0 Å². The molecule has 0 heterocycles. The molecule has 0 radical (unpaired) electrons. The minimum atomic E-state index is -1.04. The summed E-state index contributed by atoms with van der Waals surface area (Å²) in [5, 5.41) is 17.4. The summed E-state index contributed by atoms with van der Waals surface area (Å²) in [4.78, 5) is 20.7. The smallest absolute Gasteiger partial charge is 0.337 e. The SMILES string of the molecule is Nc1cc(Cl)ccc1C(=O)O.Nc1cccc(C(=O)O)c1. The molecule has 0 aliphatic heterocycles. The second kappa shape index (κ2) is 7.16. The topological polar surface area (TPSA) is 127 Å². The zero-order valence-corrected chi connectivity index (χ0v) is 11.5. The van der Waals surface area contributed by atoms with Crippen LogP contribution in [0.2, 0.25) is 5.02 Å². The highest BCUT2D eigenvalue weighted by molar-refractivity contribution is 6.31. The standard InChI is InChI=1S/C7H6ClNO2.C7H7NO2/c8-4-1-2-5(7(10)11)6(9)3-4;8-6-3-1-2-5(4-6)7(9)10/h1-3H,9H2,(H,10,11);1-4H,8H2,(H,9,10). The lowest BCUT2D eigenvalue weighted by atomic mass is 10.2. The van der Waals surface area contributed by atoms with E-state index in [0.29, 0.717) is 10.7 Å². The highest BCUT2D eigenvalue weighted by Crippen LogP contribution is 2.17. The van der Waals surface area contributed by atoms with Gasteiger partial charge in [0.05, 0.1) is 11.1 Å². The van der Waals surface area contributed by atoms with Crippen LogP contribution in [-0.2, 0) is 0 Å². The van der Waals surface area contributed by atoms with Crippen LogP contribution < -0.4 is 11.5 Å². The third-order valence-electron chi connectivity index (χ3n) is 2.38. The molecule has 6 N–H and O–H groups in total. The number of aromatic carboxylic acids is 2. The Morgan fingerprint density at radius 3 is 2.05 bits per heavy atom. The molecule has 0 atom stereocenters. The number of hydrogen-bond acceptors (Lipinski definition) is 4. The number of carboxylic acid groups (broad SMARTS) is 2. The predicted molar refractivity (Wildman–Crippen MR) is 80.6 cm³/mol. The van der Waals surface area contributed by atoms with Crippen molar-refractivity contribution >= 4 is 34.9 Å². The van der Waals surface area contributed by atoms with Gasteiger partial charge in [0.15, 0.2) is 0 Å². The fraction of sp³-hybridized carbons (Fsp3) is 0. The molecule has 0 fully saturated rings. The number of halogens is 1. The summed E-state index contributed by atoms with van der Waals surface area (Å²) in [5.41, 5.74) is 11.6. The first kappa shape index (κ1) is 16.3. The second-order valence-electron chi connectivity index (χ2n) is 3.97. The van der Waals surface area contributed by atoms with Crippen LogP contribution in [0.15, 0.2) is 42.5 Å². The van der Waals surface area contributed by atoms with Crippen LogP contribution >= 0.6 is 11.6 Å². The molecule has 0 bridgehead atoms. The van der Waals surface area contributed by atoms with E-state index in [1.165, 1.54) is 30.3 Å². The van der Waals surface area contributed by atoms with Gasteiger partial charge < -0.3 is 21.7 Å². The molecular weight excluding hydrogens is 296 g/mol. The van der Waals surface area contributed by atoms with Gasteiger partial charge in [0, 0.05) is 16.4 Å². The number of anilines is 2. The molecule has 2 aromatic carbocycles. The first-order chi connectivity index (χ1) is 9.81. The average molecular weight is 309 g/mol. The minimum absolute atomic E-state index is 0.0781. The molecular formula is C14H13ClN2O4. The molecule has 0 saturated heterocycles. The lowest BCUT2D eigenvalue weighted by molar-refractivity contribution is 0.0686. The molecule has 0 unspecified atom stereocenters. The highest BCUT2D eigenvalue weighted by Gasteiger charge is 2.06. The van der Waals surface area contributed by atoms with Crippen LogP contribution in [0.5, 0.6) is 0 Å². The zero-order chi connectivity index (χ0) is 16.0. The van der Waals surface area contributed by atoms with E-state index in [9.17, 15) is 9.59 Å². The third kappa shape index (κ3) is 5.04. The summed E-state index contributed by atoms with van der Waals surface area (Å²) < 4.78 is 0. The quantitative estimate of drug-likeness (QED) is 0.631. The molecule has 0 aromatic heterocycles. The van der Waals surface area contributed by atoms with E-state index in [0.717, 1.165) is 0 Å². The van der Waals surface area contributed by atoms with Crippen molar-refractivity contribution in [1.29, 1.82) is 0 Å². The Morgan fingerprint density at radius 2 is 1.62 bits per heavy atom. The fourth-order valence-corrected chi connectivity index (χ4v) is 1.58. The van der Waals surface area contributed by atoms with Gasteiger partial charge in [-0.05, 0) is 36.4 Å². The number of rotatable bonds is 2. The average Bonchev–Trinajstić information content (AvgIpc) is 2.38. The maximum absolute atomic E-state index is 10.4. The second-order valence-corrected chi connectivity index (χ2v) is 4.40. The van der Waals surface area contributed by atoms with Crippen LogP contribution in [0, 0.1) is 0 Å². The van der Waals surface area contributed by atoms with Crippen LogP contribution in [0.3, 0.4) is 0 Å². The summed E-state index contributed by atoms with van der Waals surface area (Å²) in [5.74, 6) is -1.99. The summed E-state index contributed by atoms with van der Waals surface area (Å²) in [6, 6.07) is 10.4. The Labute approximate surface area is 125 Å². The molecule has 0 spiro atoms. The summed E-state index contributed by atoms with van der Waals surface area (Å²) in [6.45, 7) is 0. The minimum Gasteiger partial charge on any atom is -0.478 e.